The molecule has 0 radical (unpaired) electrons. The van der Waals surface area contributed by atoms with Gasteiger partial charge in [0.25, 0.3) is 11.6 Å². The number of carbonyl (C=O) groups is 1. The second-order valence-electron chi connectivity index (χ2n) is 5.71. The third-order valence-electron chi connectivity index (χ3n) is 4.17. The van der Waals surface area contributed by atoms with Gasteiger partial charge in [0, 0.05) is 36.6 Å². The molecule has 8 nitrogen and oxygen atoms in total. The van der Waals surface area contributed by atoms with Crippen LogP contribution in [0.1, 0.15) is 34.8 Å². The van der Waals surface area contributed by atoms with E-state index in [9.17, 15) is 14.9 Å². The lowest BCUT2D eigenvalue weighted by molar-refractivity contribution is -0.385. The molecule has 1 fully saturated rings. The van der Waals surface area contributed by atoms with Crippen LogP contribution in [0.25, 0.3) is 0 Å². The third kappa shape index (κ3) is 3.28. The predicted octanol–water partition coefficient (Wildman–Crippen LogP) is 2.70. The van der Waals surface area contributed by atoms with Gasteiger partial charge in [-0.15, -0.1) is 0 Å². The van der Waals surface area contributed by atoms with Crippen LogP contribution < -0.4 is 5.32 Å². The summed E-state index contributed by atoms with van der Waals surface area (Å²) in [7, 11) is 0. The minimum absolute atomic E-state index is 0.0689. The minimum atomic E-state index is -0.491. The van der Waals surface area contributed by atoms with Gasteiger partial charge in [0.2, 0.25) is 0 Å². The predicted molar refractivity (Wildman–Crippen MR) is 87.1 cm³/mol. The average Bonchev–Trinajstić information content (AvgIpc) is 3.04. The lowest BCUT2D eigenvalue weighted by Crippen LogP contribution is -2.19. The molecule has 1 N–H and O–H groups in total. The Morgan fingerprint density at radius 2 is 2.17 bits per heavy atom. The van der Waals surface area contributed by atoms with Crippen LogP contribution in [0.3, 0.4) is 0 Å². The Labute approximate surface area is 138 Å². The zero-order chi connectivity index (χ0) is 17.1. The molecule has 0 aliphatic carbocycles. The Hall–Kier alpha value is -2.74. The average molecular weight is 330 g/mol. The number of hydrogen-bond acceptors (Lipinski definition) is 5. The Balaban J connectivity index is 1.75. The van der Waals surface area contributed by atoms with Crippen molar-refractivity contribution in [2.45, 2.75) is 25.8 Å². The van der Waals surface area contributed by atoms with Gasteiger partial charge in [0.15, 0.2) is 0 Å². The molecule has 1 aromatic heterocycles. The van der Waals surface area contributed by atoms with Gasteiger partial charge in [-0.1, -0.05) is 6.07 Å². The van der Waals surface area contributed by atoms with Gasteiger partial charge >= 0.3 is 0 Å². The van der Waals surface area contributed by atoms with Gasteiger partial charge < -0.3 is 10.1 Å². The second-order valence-corrected chi connectivity index (χ2v) is 5.71. The van der Waals surface area contributed by atoms with E-state index in [1.807, 2.05) is 4.68 Å². The highest BCUT2D eigenvalue weighted by Crippen LogP contribution is 2.24. The number of anilines is 1. The molecule has 2 heterocycles. The molecular formula is C16H18N4O4. The van der Waals surface area contributed by atoms with E-state index < -0.39 is 4.92 Å². The first-order chi connectivity index (χ1) is 11.6. The van der Waals surface area contributed by atoms with E-state index in [0.717, 1.165) is 12.8 Å². The minimum Gasteiger partial charge on any atom is -0.381 e. The summed E-state index contributed by atoms with van der Waals surface area (Å²) in [6.45, 7) is 2.98. The van der Waals surface area contributed by atoms with Crippen LogP contribution >= 0.6 is 0 Å². The second kappa shape index (κ2) is 6.79. The maximum atomic E-state index is 12.4. The van der Waals surface area contributed by atoms with E-state index in [-0.39, 0.29) is 23.2 Å². The number of benzene rings is 1. The Morgan fingerprint density at radius 3 is 2.88 bits per heavy atom. The van der Waals surface area contributed by atoms with E-state index in [4.69, 9.17) is 4.74 Å². The van der Waals surface area contributed by atoms with Crippen molar-refractivity contribution < 1.29 is 14.5 Å². The number of rotatable bonds is 4. The monoisotopic (exact) mass is 330 g/mol. The van der Waals surface area contributed by atoms with Crippen molar-refractivity contribution in [2.24, 2.45) is 0 Å². The van der Waals surface area contributed by atoms with Crippen molar-refractivity contribution in [3.05, 3.63) is 51.8 Å². The number of nitro benzene ring substituents is 1. The zero-order valence-electron chi connectivity index (χ0n) is 13.3. The van der Waals surface area contributed by atoms with Gasteiger partial charge in [0.1, 0.15) is 0 Å². The smallest absolute Gasteiger partial charge is 0.273 e. The summed E-state index contributed by atoms with van der Waals surface area (Å²) in [5.74, 6) is -0.386. The fourth-order valence-electron chi connectivity index (χ4n) is 2.82. The highest BCUT2D eigenvalue weighted by atomic mass is 16.6. The van der Waals surface area contributed by atoms with Crippen molar-refractivity contribution in [3.63, 3.8) is 0 Å². The SMILES string of the molecule is Cc1c(C(=O)Nc2cnn(C3CCOCC3)c2)cccc1[N+](=O)[O-]. The van der Waals surface area contributed by atoms with Gasteiger partial charge in [0.05, 0.1) is 22.8 Å². The summed E-state index contributed by atoms with van der Waals surface area (Å²) in [6.07, 6.45) is 5.14. The van der Waals surface area contributed by atoms with E-state index in [1.54, 1.807) is 25.4 Å². The lowest BCUT2D eigenvalue weighted by atomic mass is 10.1. The molecule has 0 unspecified atom stereocenters. The summed E-state index contributed by atoms with van der Waals surface area (Å²) < 4.78 is 7.16. The quantitative estimate of drug-likeness (QED) is 0.686. The maximum absolute atomic E-state index is 12.4. The molecule has 0 spiro atoms. The zero-order valence-corrected chi connectivity index (χ0v) is 13.3. The van der Waals surface area contributed by atoms with Crippen LogP contribution in [0.5, 0.6) is 0 Å². The van der Waals surface area contributed by atoms with Crippen LogP contribution in [0.4, 0.5) is 11.4 Å². The molecule has 126 valence electrons. The normalized spacial score (nSPS) is 15.2. The van der Waals surface area contributed by atoms with Crippen molar-refractivity contribution in [1.29, 1.82) is 0 Å². The van der Waals surface area contributed by atoms with Crippen molar-refractivity contribution in [2.75, 3.05) is 18.5 Å². The Morgan fingerprint density at radius 1 is 1.42 bits per heavy atom. The van der Waals surface area contributed by atoms with Crippen LogP contribution in [0, 0.1) is 17.0 Å². The van der Waals surface area contributed by atoms with Crippen LogP contribution in [0.2, 0.25) is 0 Å². The van der Waals surface area contributed by atoms with E-state index in [2.05, 4.69) is 10.4 Å². The third-order valence-corrected chi connectivity index (χ3v) is 4.17. The summed E-state index contributed by atoms with van der Waals surface area (Å²) in [4.78, 5) is 22.9. The fraction of sp³-hybridized carbons (Fsp3) is 0.375. The van der Waals surface area contributed by atoms with E-state index in [0.29, 0.717) is 24.5 Å². The molecule has 1 aliphatic rings. The number of hydrogen-bond donors (Lipinski definition) is 1. The number of aromatic nitrogens is 2. The summed E-state index contributed by atoms with van der Waals surface area (Å²) >= 11 is 0. The molecule has 0 saturated carbocycles. The first-order valence-corrected chi connectivity index (χ1v) is 7.73. The van der Waals surface area contributed by atoms with Gasteiger partial charge in [-0.2, -0.15) is 5.10 Å². The number of ether oxygens (including phenoxy) is 1. The van der Waals surface area contributed by atoms with E-state index in [1.165, 1.54) is 12.1 Å². The van der Waals surface area contributed by atoms with Crippen molar-refractivity contribution in [3.8, 4) is 0 Å². The summed E-state index contributed by atoms with van der Waals surface area (Å²) in [5.41, 5.74) is 1.12. The number of carbonyl (C=O) groups excluding carboxylic acids is 1. The Kier molecular flexibility index (Phi) is 4.57. The molecule has 8 heteroatoms. The topological polar surface area (TPSA) is 99.3 Å². The molecule has 1 aliphatic heterocycles. The van der Waals surface area contributed by atoms with E-state index >= 15 is 0 Å². The first kappa shape index (κ1) is 16.1. The van der Waals surface area contributed by atoms with Gasteiger partial charge in [-0.25, -0.2) is 0 Å². The molecule has 1 aromatic carbocycles. The van der Waals surface area contributed by atoms with Crippen molar-refractivity contribution >= 4 is 17.3 Å². The maximum Gasteiger partial charge on any atom is 0.273 e. The number of nitrogens with zero attached hydrogens (tertiary/aromatic N) is 3. The largest absolute Gasteiger partial charge is 0.381 e. The standard InChI is InChI=1S/C16H18N4O4/c1-11-14(3-2-4-15(11)20(22)23)16(21)18-12-9-17-19(10-12)13-5-7-24-8-6-13/h2-4,9-10,13H,5-8H2,1H3,(H,18,21). The molecule has 0 bridgehead atoms. The molecule has 1 saturated heterocycles. The first-order valence-electron chi connectivity index (χ1n) is 7.73. The fourth-order valence-corrected chi connectivity index (χ4v) is 2.82. The molecule has 2 aromatic rings. The van der Waals surface area contributed by atoms with Crippen LogP contribution in [-0.4, -0.2) is 33.8 Å². The molecular weight excluding hydrogens is 312 g/mol. The Bertz CT molecular complexity index is 765. The highest BCUT2D eigenvalue weighted by Gasteiger charge is 2.20. The molecule has 24 heavy (non-hydrogen) atoms. The van der Waals surface area contributed by atoms with Gasteiger partial charge in [-0.3, -0.25) is 19.6 Å². The molecule has 1 amide bonds. The number of amides is 1. The van der Waals surface area contributed by atoms with Crippen LogP contribution in [0.15, 0.2) is 30.6 Å². The summed E-state index contributed by atoms with van der Waals surface area (Å²) in [5, 5.41) is 18.0. The number of nitrogens with one attached hydrogen (secondary N) is 1. The van der Waals surface area contributed by atoms with Gasteiger partial charge in [-0.05, 0) is 25.8 Å². The lowest BCUT2D eigenvalue weighted by Gasteiger charge is -2.22. The highest BCUT2D eigenvalue weighted by molar-refractivity contribution is 6.05. The molecule has 3 rings (SSSR count). The van der Waals surface area contributed by atoms with Crippen molar-refractivity contribution in [1.82, 2.24) is 9.78 Å². The molecule has 0 atom stereocenters. The van der Waals surface area contributed by atoms with Crippen LogP contribution in [-0.2, 0) is 4.74 Å². The summed E-state index contributed by atoms with van der Waals surface area (Å²) in [6, 6.07) is 4.73. The number of nitro groups is 1.